The Balaban J connectivity index is 1.16. The number of aromatic nitrogens is 1. The van der Waals surface area contributed by atoms with Gasteiger partial charge in [-0.3, -0.25) is 9.69 Å². The lowest BCUT2D eigenvalue weighted by Gasteiger charge is -2.36. The topological polar surface area (TPSA) is 66.9 Å². The molecule has 0 atom stereocenters. The third kappa shape index (κ3) is 5.64. The number of unbranched alkanes of at least 4 members (excludes halogenated alkanes) is 1. The number of ether oxygens (including phenoxy) is 2. The molecule has 32 heavy (non-hydrogen) atoms. The summed E-state index contributed by atoms with van der Waals surface area (Å²) in [5.41, 5.74) is 2.13. The maximum Gasteiger partial charge on any atom is 0.225 e. The van der Waals surface area contributed by atoms with E-state index < -0.39 is 0 Å². The van der Waals surface area contributed by atoms with E-state index in [1.165, 1.54) is 0 Å². The highest BCUT2D eigenvalue weighted by Gasteiger charge is 2.20. The van der Waals surface area contributed by atoms with E-state index in [1.54, 1.807) is 0 Å². The fourth-order valence-electron chi connectivity index (χ4n) is 4.14. The molecule has 3 heterocycles. The SMILES string of the molecule is CCOc1cccc(N2CCN(CCCCOc3ccc4c(n3)NC(=O)CC4)CC2)c1Cl. The molecule has 0 unspecified atom stereocenters. The molecule has 0 bridgehead atoms. The standard InChI is InChI=1S/C24H31ClN4O3/c1-2-31-20-7-5-6-19(23(20)25)29-15-13-28(14-16-29)12-3-4-17-32-22-11-9-18-8-10-21(30)26-24(18)27-22/h5-7,9,11H,2-4,8,10,12-17H2,1H3,(H,26,27,30). The number of halogens is 1. The molecule has 1 N–H and O–H groups in total. The van der Waals surface area contributed by atoms with Crippen LogP contribution >= 0.6 is 11.6 Å². The molecule has 1 aromatic heterocycles. The molecular formula is C24H31ClN4O3. The normalized spacial score (nSPS) is 16.4. The Morgan fingerprint density at radius 3 is 2.72 bits per heavy atom. The Kier molecular flexibility index (Phi) is 7.71. The quantitative estimate of drug-likeness (QED) is 0.573. The number of amides is 1. The molecule has 1 saturated heterocycles. The highest BCUT2D eigenvalue weighted by Crippen LogP contribution is 2.35. The summed E-state index contributed by atoms with van der Waals surface area (Å²) in [7, 11) is 0. The van der Waals surface area contributed by atoms with Crippen LogP contribution in [0.3, 0.4) is 0 Å². The maximum atomic E-state index is 11.5. The highest BCUT2D eigenvalue weighted by molar-refractivity contribution is 6.34. The fourth-order valence-corrected chi connectivity index (χ4v) is 4.44. The summed E-state index contributed by atoms with van der Waals surface area (Å²) >= 11 is 6.55. The number of benzene rings is 1. The molecule has 0 spiro atoms. The number of pyridine rings is 1. The molecule has 1 aromatic carbocycles. The van der Waals surface area contributed by atoms with E-state index in [4.69, 9.17) is 21.1 Å². The third-order valence-corrected chi connectivity index (χ3v) is 6.29. The van der Waals surface area contributed by atoms with Gasteiger partial charge in [0, 0.05) is 38.7 Å². The number of fused-ring (bicyclic) bond motifs is 1. The lowest BCUT2D eigenvalue weighted by molar-refractivity contribution is -0.116. The van der Waals surface area contributed by atoms with Crippen molar-refractivity contribution in [2.75, 3.05) is 56.2 Å². The van der Waals surface area contributed by atoms with Crippen molar-refractivity contribution in [2.24, 2.45) is 0 Å². The highest BCUT2D eigenvalue weighted by atomic mass is 35.5. The maximum absolute atomic E-state index is 11.5. The first-order valence-electron chi connectivity index (χ1n) is 11.4. The Bertz CT molecular complexity index is 931. The number of nitrogens with one attached hydrogen (secondary N) is 1. The Morgan fingerprint density at radius 1 is 1.06 bits per heavy atom. The van der Waals surface area contributed by atoms with Gasteiger partial charge in [-0.25, -0.2) is 0 Å². The van der Waals surface area contributed by atoms with Gasteiger partial charge in [0.25, 0.3) is 0 Å². The minimum Gasteiger partial charge on any atom is -0.492 e. The van der Waals surface area contributed by atoms with Gasteiger partial charge < -0.3 is 19.7 Å². The lowest BCUT2D eigenvalue weighted by atomic mass is 10.1. The van der Waals surface area contributed by atoms with Crippen LogP contribution in [0.2, 0.25) is 5.02 Å². The number of hydrogen-bond donors (Lipinski definition) is 1. The summed E-state index contributed by atoms with van der Waals surface area (Å²) in [5, 5.41) is 3.52. The second-order valence-corrected chi connectivity index (χ2v) is 8.49. The van der Waals surface area contributed by atoms with Crippen LogP contribution < -0.4 is 19.7 Å². The smallest absolute Gasteiger partial charge is 0.225 e. The molecule has 2 aliphatic heterocycles. The zero-order valence-electron chi connectivity index (χ0n) is 18.6. The van der Waals surface area contributed by atoms with Gasteiger partial charge in [-0.2, -0.15) is 4.98 Å². The number of nitrogens with zero attached hydrogens (tertiary/aromatic N) is 3. The average molecular weight is 459 g/mol. The second kappa shape index (κ2) is 10.9. The molecule has 172 valence electrons. The zero-order valence-corrected chi connectivity index (χ0v) is 19.4. The van der Waals surface area contributed by atoms with Gasteiger partial charge in [0.15, 0.2) is 0 Å². The van der Waals surface area contributed by atoms with Crippen LogP contribution in [0.1, 0.15) is 31.7 Å². The number of hydrogen-bond acceptors (Lipinski definition) is 6. The van der Waals surface area contributed by atoms with Crippen LogP contribution in [0, 0.1) is 0 Å². The van der Waals surface area contributed by atoms with E-state index >= 15 is 0 Å². The number of aryl methyl sites for hydroxylation is 1. The molecule has 7 nitrogen and oxygen atoms in total. The first-order valence-corrected chi connectivity index (χ1v) is 11.8. The van der Waals surface area contributed by atoms with Gasteiger partial charge in [0.1, 0.15) is 16.6 Å². The van der Waals surface area contributed by atoms with Gasteiger partial charge in [-0.1, -0.05) is 17.7 Å². The summed E-state index contributed by atoms with van der Waals surface area (Å²) in [4.78, 5) is 20.8. The van der Waals surface area contributed by atoms with Crippen LogP contribution in [0.25, 0.3) is 0 Å². The number of carbonyl (C=O) groups excluding carboxylic acids is 1. The van der Waals surface area contributed by atoms with Crippen molar-refractivity contribution in [3.8, 4) is 11.6 Å². The Hall–Kier alpha value is -2.51. The fraction of sp³-hybridized carbons (Fsp3) is 0.500. The molecule has 0 aliphatic carbocycles. The van der Waals surface area contributed by atoms with Crippen LogP contribution in [0.15, 0.2) is 30.3 Å². The minimum atomic E-state index is 0.0199. The van der Waals surface area contributed by atoms with E-state index in [1.807, 2.05) is 31.2 Å². The predicted octanol–water partition coefficient (Wildman–Crippen LogP) is 4.00. The summed E-state index contributed by atoms with van der Waals surface area (Å²) in [5.74, 6) is 1.99. The molecule has 0 saturated carbocycles. The number of rotatable bonds is 9. The molecular weight excluding hydrogens is 428 g/mol. The van der Waals surface area contributed by atoms with Gasteiger partial charge in [-0.05, 0) is 56.5 Å². The van der Waals surface area contributed by atoms with E-state index in [2.05, 4.69) is 26.2 Å². The van der Waals surface area contributed by atoms with E-state index in [-0.39, 0.29) is 5.91 Å². The van der Waals surface area contributed by atoms with Crippen molar-refractivity contribution < 1.29 is 14.3 Å². The van der Waals surface area contributed by atoms with Crippen LogP contribution in [0.4, 0.5) is 11.5 Å². The Labute approximate surface area is 194 Å². The summed E-state index contributed by atoms with van der Waals surface area (Å²) in [6.45, 7) is 8.20. The van der Waals surface area contributed by atoms with Crippen molar-refractivity contribution in [1.29, 1.82) is 0 Å². The van der Waals surface area contributed by atoms with Gasteiger partial charge in [0.2, 0.25) is 11.8 Å². The van der Waals surface area contributed by atoms with Crippen molar-refractivity contribution in [1.82, 2.24) is 9.88 Å². The summed E-state index contributed by atoms with van der Waals surface area (Å²) in [6, 6.07) is 9.87. The largest absolute Gasteiger partial charge is 0.492 e. The zero-order chi connectivity index (χ0) is 22.3. The molecule has 1 fully saturated rings. The molecule has 8 heteroatoms. The van der Waals surface area contributed by atoms with Crippen LogP contribution in [-0.2, 0) is 11.2 Å². The monoisotopic (exact) mass is 458 g/mol. The predicted molar refractivity (Wildman–Crippen MR) is 127 cm³/mol. The molecule has 0 radical (unpaired) electrons. The Morgan fingerprint density at radius 2 is 1.91 bits per heavy atom. The first-order chi connectivity index (χ1) is 15.6. The van der Waals surface area contributed by atoms with Gasteiger partial charge in [-0.15, -0.1) is 0 Å². The van der Waals surface area contributed by atoms with Crippen LogP contribution in [0.5, 0.6) is 11.6 Å². The average Bonchev–Trinajstić information content (AvgIpc) is 2.80. The van der Waals surface area contributed by atoms with E-state index in [0.717, 1.165) is 69.0 Å². The number of anilines is 2. The molecule has 2 aliphatic rings. The van der Waals surface area contributed by atoms with Crippen molar-refractivity contribution >= 4 is 29.0 Å². The summed E-state index contributed by atoms with van der Waals surface area (Å²) < 4.78 is 11.4. The second-order valence-electron chi connectivity index (χ2n) is 8.11. The number of carbonyl (C=O) groups is 1. The minimum absolute atomic E-state index is 0.0199. The van der Waals surface area contributed by atoms with Crippen molar-refractivity contribution in [3.63, 3.8) is 0 Å². The van der Waals surface area contributed by atoms with Gasteiger partial charge in [0.05, 0.1) is 18.9 Å². The van der Waals surface area contributed by atoms with Gasteiger partial charge >= 0.3 is 0 Å². The van der Waals surface area contributed by atoms with Crippen LogP contribution in [-0.4, -0.2) is 61.7 Å². The van der Waals surface area contributed by atoms with E-state index in [0.29, 0.717) is 36.4 Å². The first kappa shape index (κ1) is 22.7. The summed E-state index contributed by atoms with van der Waals surface area (Å²) in [6.07, 6.45) is 3.30. The molecule has 1 amide bonds. The lowest BCUT2D eigenvalue weighted by Crippen LogP contribution is -2.46. The van der Waals surface area contributed by atoms with Crippen molar-refractivity contribution in [2.45, 2.75) is 32.6 Å². The molecule has 2 aromatic rings. The third-order valence-electron chi connectivity index (χ3n) is 5.91. The molecule has 4 rings (SSSR count). The van der Waals surface area contributed by atoms with E-state index in [9.17, 15) is 4.79 Å². The number of piperazine rings is 1. The van der Waals surface area contributed by atoms with Crippen molar-refractivity contribution in [3.05, 3.63) is 40.9 Å².